The minimum absolute atomic E-state index is 0.0598. The number of nitrogens with zero attached hydrogens (tertiary/aromatic N) is 1. The van der Waals surface area contributed by atoms with Gasteiger partial charge >= 0.3 is 0 Å². The predicted octanol–water partition coefficient (Wildman–Crippen LogP) is 4.60. The zero-order valence-corrected chi connectivity index (χ0v) is 15.8. The van der Waals surface area contributed by atoms with Crippen LogP contribution in [0.4, 0.5) is 0 Å². The SMILES string of the molecule is Cc1nc(Cc2ccccc2)sc1C(=O)NC(C)C1CC2CCC1C2. The Labute approximate surface area is 153 Å². The molecule has 1 N–H and O–H groups in total. The van der Waals surface area contributed by atoms with Crippen LogP contribution in [0.25, 0.3) is 0 Å². The maximum Gasteiger partial charge on any atom is 0.263 e. The molecule has 0 aliphatic heterocycles. The molecule has 1 aromatic carbocycles. The fraction of sp³-hybridized carbons (Fsp3) is 0.524. The van der Waals surface area contributed by atoms with Crippen molar-refractivity contribution in [1.82, 2.24) is 10.3 Å². The Morgan fingerprint density at radius 1 is 1.28 bits per heavy atom. The lowest BCUT2D eigenvalue weighted by molar-refractivity contribution is 0.0918. The molecule has 25 heavy (non-hydrogen) atoms. The van der Waals surface area contributed by atoms with E-state index in [-0.39, 0.29) is 11.9 Å². The number of benzene rings is 1. The third-order valence-electron chi connectivity index (χ3n) is 6.04. The average molecular weight is 355 g/mol. The summed E-state index contributed by atoms with van der Waals surface area (Å²) >= 11 is 1.54. The van der Waals surface area contributed by atoms with Crippen molar-refractivity contribution in [3.8, 4) is 0 Å². The Balaban J connectivity index is 1.41. The van der Waals surface area contributed by atoms with Crippen LogP contribution in [0.5, 0.6) is 0 Å². The van der Waals surface area contributed by atoms with Crippen molar-refractivity contribution in [1.29, 1.82) is 0 Å². The molecule has 4 heteroatoms. The molecule has 2 aliphatic carbocycles. The molecule has 0 spiro atoms. The number of amides is 1. The number of rotatable bonds is 5. The zero-order valence-electron chi connectivity index (χ0n) is 15.0. The molecule has 4 rings (SSSR count). The summed E-state index contributed by atoms with van der Waals surface area (Å²) in [5.74, 6) is 2.47. The number of thiazole rings is 1. The Morgan fingerprint density at radius 2 is 2.08 bits per heavy atom. The van der Waals surface area contributed by atoms with Gasteiger partial charge in [-0.3, -0.25) is 4.79 Å². The first kappa shape index (κ1) is 16.8. The van der Waals surface area contributed by atoms with Gasteiger partial charge in [-0.1, -0.05) is 36.8 Å². The molecule has 132 valence electrons. The van der Waals surface area contributed by atoms with Crippen LogP contribution in [0.3, 0.4) is 0 Å². The first-order chi connectivity index (χ1) is 12.1. The maximum absolute atomic E-state index is 12.8. The van der Waals surface area contributed by atoms with Gasteiger partial charge in [0.1, 0.15) is 4.88 Å². The molecule has 3 nitrogen and oxygen atoms in total. The van der Waals surface area contributed by atoms with Gasteiger partial charge in [0, 0.05) is 12.5 Å². The second kappa shape index (κ2) is 6.91. The van der Waals surface area contributed by atoms with Crippen LogP contribution < -0.4 is 5.32 Å². The number of carbonyl (C=O) groups excluding carboxylic acids is 1. The van der Waals surface area contributed by atoms with Crippen LogP contribution in [-0.4, -0.2) is 16.9 Å². The van der Waals surface area contributed by atoms with E-state index >= 15 is 0 Å². The monoisotopic (exact) mass is 354 g/mol. The summed E-state index contributed by atoms with van der Waals surface area (Å²) in [6.45, 7) is 4.13. The van der Waals surface area contributed by atoms with Crippen LogP contribution in [-0.2, 0) is 6.42 Å². The highest BCUT2D eigenvalue weighted by molar-refractivity contribution is 7.13. The van der Waals surface area contributed by atoms with Gasteiger partial charge < -0.3 is 5.32 Å². The molecule has 4 unspecified atom stereocenters. The molecule has 0 radical (unpaired) electrons. The van der Waals surface area contributed by atoms with E-state index in [0.717, 1.165) is 33.8 Å². The van der Waals surface area contributed by atoms with Crippen molar-refractivity contribution in [3.05, 3.63) is 51.5 Å². The van der Waals surface area contributed by atoms with Gasteiger partial charge in [0.2, 0.25) is 0 Å². The number of fused-ring (bicyclic) bond motifs is 2. The van der Waals surface area contributed by atoms with Gasteiger partial charge in [0.25, 0.3) is 5.91 Å². The summed E-state index contributed by atoms with van der Waals surface area (Å²) < 4.78 is 0. The summed E-state index contributed by atoms with van der Waals surface area (Å²) in [4.78, 5) is 18.2. The van der Waals surface area contributed by atoms with Crippen LogP contribution in [0.15, 0.2) is 30.3 Å². The summed E-state index contributed by atoms with van der Waals surface area (Å²) in [6.07, 6.45) is 6.23. The maximum atomic E-state index is 12.8. The summed E-state index contributed by atoms with van der Waals surface area (Å²) in [5.41, 5.74) is 2.09. The van der Waals surface area contributed by atoms with Crippen molar-refractivity contribution in [2.45, 2.75) is 52.0 Å². The van der Waals surface area contributed by atoms with Crippen LogP contribution in [0.2, 0.25) is 0 Å². The smallest absolute Gasteiger partial charge is 0.263 e. The highest BCUT2D eigenvalue weighted by atomic mass is 32.1. The molecule has 2 fully saturated rings. The molecule has 2 saturated carbocycles. The van der Waals surface area contributed by atoms with E-state index in [0.29, 0.717) is 5.92 Å². The van der Waals surface area contributed by atoms with Gasteiger partial charge in [-0.15, -0.1) is 11.3 Å². The minimum Gasteiger partial charge on any atom is -0.349 e. The molecular formula is C21H26N2OS. The van der Waals surface area contributed by atoms with E-state index in [9.17, 15) is 4.79 Å². The summed E-state index contributed by atoms with van der Waals surface area (Å²) in [5, 5.41) is 4.29. The van der Waals surface area contributed by atoms with Gasteiger partial charge in [0.05, 0.1) is 10.7 Å². The lowest BCUT2D eigenvalue weighted by Gasteiger charge is -2.28. The first-order valence-electron chi connectivity index (χ1n) is 9.41. The van der Waals surface area contributed by atoms with Gasteiger partial charge in [0.15, 0.2) is 0 Å². The Hall–Kier alpha value is -1.68. The Morgan fingerprint density at radius 3 is 2.76 bits per heavy atom. The molecule has 0 saturated heterocycles. The van der Waals surface area contributed by atoms with Gasteiger partial charge in [-0.25, -0.2) is 4.98 Å². The number of carbonyl (C=O) groups is 1. The Bertz CT molecular complexity index is 755. The highest BCUT2D eigenvalue weighted by Crippen LogP contribution is 2.49. The van der Waals surface area contributed by atoms with Crippen molar-refractivity contribution in [2.24, 2.45) is 17.8 Å². The third kappa shape index (κ3) is 3.50. The summed E-state index contributed by atoms with van der Waals surface area (Å²) in [7, 11) is 0. The van der Waals surface area contributed by atoms with E-state index in [1.165, 1.54) is 42.6 Å². The molecule has 4 atom stereocenters. The van der Waals surface area contributed by atoms with Gasteiger partial charge in [-0.2, -0.15) is 0 Å². The lowest BCUT2D eigenvalue weighted by atomic mass is 9.84. The molecule has 1 heterocycles. The van der Waals surface area contributed by atoms with E-state index in [1.54, 1.807) is 0 Å². The molecule has 1 aromatic heterocycles. The van der Waals surface area contributed by atoms with Crippen LogP contribution in [0.1, 0.15) is 58.5 Å². The summed E-state index contributed by atoms with van der Waals surface area (Å²) in [6, 6.07) is 10.6. The van der Waals surface area contributed by atoms with Gasteiger partial charge in [-0.05, 0) is 56.4 Å². The second-order valence-electron chi connectivity index (χ2n) is 7.79. The topological polar surface area (TPSA) is 42.0 Å². The van der Waals surface area contributed by atoms with Crippen molar-refractivity contribution in [2.75, 3.05) is 0 Å². The number of aryl methyl sites for hydroxylation is 1. The van der Waals surface area contributed by atoms with E-state index in [1.807, 2.05) is 25.1 Å². The third-order valence-corrected chi connectivity index (χ3v) is 7.20. The Kier molecular flexibility index (Phi) is 4.63. The lowest BCUT2D eigenvalue weighted by Crippen LogP contribution is -2.40. The van der Waals surface area contributed by atoms with E-state index in [2.05, 4.69) is 29.4 Å². The zero-order chi connectivity index (χ0) is 17.4. The quantitative estimate of drug-likeness (QED) is 0.853. The van der Waals surface area contributed by atoms with Crippen molar-refractivity contribution < 1.29 is 4.79 Å². The van der Waals surface area contributed by atoms with E-state index < -0.39 is 0 Å². The molecule has 2 aliphatic rings. The van der Waals surface area contributed by atoms with Crippen LogP contribution in [0, 0.1) is 24.7 Å². The van der Waals surface area contributed by atoms with Crippen molar-refractivity contribution in [3.63, 3.8) is 0 Å². The number of nitrogens with one attached hydrogen (secondary N) is 1. The van der Waals surface area contributed by atoms with E-state index in [4.69, 9.17) is 0 Å². The number of hydrogen-bond acceptors (Lipinski definition) is 3. The predicted molar refractivity (Wildman–Crippen MR) is 102 cm³/mol. The largest absolute Gasteiger partial charge is 0.349 e. The molecular weight excluding hydrogens is 328 g/mol. The first-order valence-corrected chi connectivity index (χ1v) is 10.2. The fourth-order valence-electron chi connectivity index (χ4n) is 4.79. The standard InChI is InChI=1S/C21H26N2OS/c1-13(18-11-16-8-9-17(18)10-16)23-21(24)20-14(2)22-19(25-20)12-15-6-4-3-5-7-15/h3-7,13,16-18H,8-12H2,1-2H3,(H,23,24). The number of aromatic nitrogens is 1. The highest BCUT2D eigenvalue weighted by Gasteiger charge is 2.42. The fourth-order valence-corrected chi connectivity index (χ4v) is 5.80. The molecule has 2 aromatic rings. The van der Waals surface area contributed by atoms with Crippen LogP contribution >= 0.6 is 11.3 Å². The minimum atomic E-state index is 0.0598. The molecule has 1 amide bonds. The number of hydrogen-bond donors (Lipinski definition) is 1. The average Bonchev–Trinajstić information content (AvgIpc) is 3.31. The molecule has 2 bridgehead atoms. The normalized spacial score (nSPS) is 25.9. The van der Waals surface area contributed by atoms with Crippen molar-refractivity contribution >= 4 is 17.2 Å². The second-order valence-corrected chi connectivity index (χ2v) is 8.87.